The number of carbonyl (C=O) groups is 1. The molecule has 17 heavy (non-hydrogen) atoms. The van der Waals surface area contributed by atoms with Crippen molar-refractivity contribution >= 4 is 5.91 Å². The van der Waals surface area contributed by atoms with E-state index in [0.29, 0.717) is 13.3 Å². The summed E-state index contributed by atoms with van der Waals surface area (Å²) in [5.41, 5.74) is 0.797. The maximum atomic E-state index is 12.1. The predicted octanol–water partition coefficient (Wildman–Crippen LogP) is 2.59. The van der Waals surface area contributed by atoms with E-state index in [-0.39, 0.29) is 17.4 Å². The molecule has 92 valence electrons. The van der Waals surface area contributed by atoms with Crippen LogP contribution in [-0.2, 0) is 9.53 Å². The van der Waals surface area contributed by atoms with E-state index < -0.39 is 0 Å². The standard InChI is InChI=1S/C14H19NO2/c1-14(2,3)13(16)15-9-12(17-10-15)11-7-5-4-6-8-11/h4-8,12H,9-10H2,1-3H3. The molecule has 0 aliphatic carbocycles. The highest BCUT2D eigenvalue weighted by Gasteiger charge is 2.33. The molecule has 0 aromatic heterocycles. The highest BCUT2D eigenvalue weighted by Crippen LogP contribution is 2.27. The predicted molar refractivity (Wildman–Crippen MR) is 66.3 cm³/mol. The molecule has 0 saturated carbocycles. The molecule has 1 amide bonds. The van der Waals surface area contributed by atoms with Crippen LogP contribution in [0.4, 0.5) is 0 Å². The molecule has 1 fully saturated rings. The smallest absolute Gasteiger partial charge is 0.229 e. The second kappa shape index (κ2) is 4.49. The Hall–Kier alpha value is -1.35. The van der Waals surface area contributed by atoms with Crippen molar-refractivity contribution in [3.8, 4) is 0 Å². The summed E-state index contributed by atoms with van der Waals surface area (Å²) >= 11 is 0. The number of benzene rings is 1. The van der Waals surface area contributed by atoms with Crippen molar-refractivity contribution in [3.05, 3.63) is 35.9 Å². The van der Waals surface area contributed by atoms with Crippen LogP contribution >= 0.6 is 0 Å². The maximum Gasteiger partial charge on any atom is 0.229 e. The van der Waals surface area contributed by atoms with Gasteiger partial charge in [0.2, 0.25) is 5.91 Å². The monoisotopic (exact) mass is 233 g/mol. The minimum Gasteiger partial charge on any atom is -0.351 e. The molecule has 0 bridgehead atoms. The number of carbonyl (C=O) groups excluding carboxylic acids is 1. The Balaban J connectivity index is 2.04. The largest absolute Gasteiger partial charge is 0.351 e. The van der Waals surface area contributed by atoms with E-state index in [4.69, 9.17) is 4.74 Å². The summed E-state index contributed by atoms with van der Waals surface area (Å²) in [6.07, 6.45) is 0.0162. The van der Waals surface area contributed by atoms with Crippen molar-refractivity contribution in [1.82, 2.24) is 4.90 Å². The van der Waals surface area contributed by atoms with Crippen LogP contribution in [0.3, 0.4) is 0 Å². The van der Waals surface area contributed by atoms with Gasteiger partial charge in [-0.1, -0.05) is 51.1 Å². The Morgan fingerprint density at radius 3 is 2.53 bits per heavy atom. The molecule has 1 aliphatic heterocycles. The van der Waals surface area contributed by atoms with Gasteiger partial charge in [0.25, 0.3) is 0 Å². The zero-order chi connectivity index (χ0) is 12.5. The molecule has 3 heteroatoms. The molecule has 2 rings (SSSR count). The number of ether oxygens (including phenoxy) is 1. The molecule has 1 unspecified atom stereocenters. The lowest BCUT2D eigenvalue weighted by Crippen LogP contribution is -2.37. The highest BCUT2D eigenvalue weighted by atomic mass is 16.5. The third-order valence-electron chi connectivity index (χ3n) is 2.92. The molecule has 1 atom stereocenters. The number of nitrogens with zero attached hydrogens (tertiary/aromatic N) is 1. The molecule has 1 aromatic carbocycles. The van der Waals surface area contributed by atoms with Crippen molar-refractivity contribution in [2.75, 3.05) is 13.3 Å². The number of hydrogen-bond donors (Lipinski definition) is 0. The zero-order valence-electron chi connectivity index (χ0n) is 10.6. The third kappa shape index (κ3) is 2.67. The van der Waals surface area contributed by atoms with Gasteiger partial charge >= 0.3 is 0 Å². The van der Waals surface area contributed by atoms with Crippen molar-refractivity contribution in [3.63, 3.8) is 0 Å². The lowest BCUT2D eigenvalue weighted by atomic mass is 9.95. The normalized spacial score (nSPS) is 20.6. The Morgan fingerprint density at radius 1 is 1.29 bits per heavy atom. The van der Waals surface area contributed by atoms with Crippen LogP contribution in [0.25, 0.3) is 0 Å². The average Bonchev–Trinajstić information content (AvgIpc) is 2.77. The lowest BCUT2D eigenvalue weighted by molar-refractivity contribution is -0.139. The Morgan fingerprint density at radius 2 is 1.94 bits per heavy atom. The van der Waals surface area contributed by atoms with E-state index >= 15 is 0 Å². The Kier molecular flexibility index (Phi) is 3.20. The van der Waals surface area contributed by atoms with E-state index in [9.17, 15) is 4.79 Å². The van der Waals surface area contributed by atoms with Crippen LogP contribution in [0.1, 0.15) is 32.4 Å². The first-order chi connectivity index (χ1) is 7.98. The fourth-order valence-electron chi connectivity index (χ4n) is 1.97. The van der Waals surface area contributed by atoms with Crippen LogP contribution in [0, 0.1) is 5.41 Å². The molecule has 1 heterocycles. The van der Waals surface area contributed by atoms with Gasteiger partial charge in [0.15, 0.2) is 0 Å². The quantitative estimate of drug-likeness (QED) is 0.746. The molecule has 1 aromatic rings. The second-order valence-electron chi connectivity index (χ2n) is 5.47. The molecule has 0 radical (unpaired) electrons. The number of rotatable bonds is 1. The van der Waals surface area contributed by atoms with Gasteiger partial charge < -0.3 is 9.64 Å². The fraction of sp³-hybridized carbons (Fsp3) is 0.500. The minimum absolute atomic E-state index is 0.0162. The van der Waals surface area contributed by atoms with Gasteiger partial charge in [-0.15, -0.1) is 0 Å². The van der Waals surface area contributed by atoms with E-state index in [0.717, 1.165) is 5.56 Å². The Labute approximate surface area is 102 Å². The van der Waals surface area contributed by atoms with Gasteiger partial charge in [-0.25, -0.2) is 0 Å². The molecule has 0 N–H and O–H groups in total. The first-order valence-corrected chi connectivity index (χ1v) is 5.94. The van der Waals surface area contributed by atoms with Crippen LogP contribution < -0.4 is 0 Å². The summed E-state index contributed by atoms with van der Waals surface area (Å²) in [6.45, 7) is 6.86. The van der Waals surface area contributed by atoms with E-state index in [1.165, 1.54) is 0 Å². The molecule has 1 saturated heterocycles. The fourth-order valence-corrected chi connectivity index (χ4v) is 1.97. The molecular weight excluding hydrogens is 214 g/mol. The number of amides is 1. The average molecular weight is 233 g/mol. The van der Waals surface area contributed by atoms with Crippen molar-refractivity contribution in [2.45, 2.75) is 26.9 Å². The molecule has 3 nitrogen and oxygen atoms in total. The summed E-state index contributed by atoms with van der Waals surface area (Å²) in [5, 5.41) is 0. The van der Waals surface area contributed by atoms with Crippen molar-refractivity contribution in [1.29, 1.82) is 0 Å². The third-order valence-corrected chi connectivity index (χ3v) is 2.92. The second-order valence-corrected chi connectivity index (χ2v) is 5.47. The van der Waals surface area contributed by atoms with E-state index in [1.807, 2.05) is 51.1 Å². The van der Waals surface area contributed by atoms with Gasteiger partial charge in [0, 0.05) is 5.41 Å². The van der Waals surface area contributed by atoms with Gasteiger partial charge in [0.05, 0.1) is 6.54 Å². The maximum absolute atomic E-state index is 12.1. The summed E-state index contributed by atoms with van der Waals surface area (Å²) in [6, 6.07) is 10.0. The minimum atomic E-state index is -0.338. The first-order valence-electron chi connectivity index (χ1n) is 5.94. The zero-order valence-corrected chi connectivity index (χ0v) is 10.6. The summed E-state index contributed by atoms with van der Waals surface area (Å²) in [4.78, 5) is 13.9. The highest BCUT2D eigenvalue weighted by molar-refractivity contribution is 5.81. The van der Waals surface area contributed by atoms with Crippen LogP contribution in [0.15, 0.2) is 30.3 Å². The molecule has 1 aliphatic rings. The van der Waals surface area contributed by atoms with Gasteiger partial charge in [0.1, 0.15) is 12.8 Å². The summed E-state index contributed by atoms with van der Waals surface area (Å²) < 4.78 is 5.67. The topological polar surface area (TPSA) is 29.5 Å². The van der Waals surface area contributed by atoms with Gasteiger partial charge in [-0.2, -0.15) is 0 Å². The van der Waals surface area contributed by atoms with Gasteiger partial charge in [-0.3, -0.25) is 4.79 Å². The number of hydrogen-bond acceptors (Lipinski definition) is 2. The van der Waals surface area contributed by atoms with E-state index in [2.05, 4.69) is 0 Å². The Bertz CT molecular complexity index is 394. The first kappa shape index (κ1) is 12.1. The van der Waals surface area contributed by atoms with Crippen molar-refractivity contribution in [2.24, 2.45) is 5.41 Å². The van der Waals surface area contributed by atoms with Gasteiger partial charge in [-0.05, 0) is 5.56 Å². The summed E-state index contributed by atoms with van der Waals surface area (Å²) in [7, 11) is 0. The van der Waals surface area contributed by atoms with E-state index in [1.54, 1.807) is 4.90 Å². The van der Waals surface area contributed by atoms with Crippen LogP contribution in [0.5, 0.6) is 0 Å². The van der Waals surface area contributed by atoms with Crippen LogP contribution in [0.2, 0.25) is 0 Å². The molecular formula is C14H19NO2. The SMILES string of the molecule is CC(C)(C)C(=O)N1COC(c2ccccc2)C1. The van der Waals surface area contributed by atoms with Crippen molar-refractivity contribution < 1.29 is 9.53 Å². The summed E-state index contributed by atoms with van der Waals surface area (Å²) in [5.74, 6) is 0.149. The molecule has 0 spiro atoms. The lowest BCUT2D eigenvalue weighted by Gasteiger charge is -2.24. The van der Waals surface area contributed by atoms with Crippen LogP contribution in [-0.4, -0.2) is 24.1 Å².